The lowest BCUT2D eigenvalue weighted by molar-refractivity contribution is -0.145. The molecule has 0 radical (unpaired) electrons. The molecule has 1 heterocycles. The zero-order chi connectivity index (χ0) is 23.7. The minimum absolute atomic E-state index is 0.106. The van der Waals surface area contributed by atoms with Crippen molar-refractivity contribution in [1.82, 2.24) is 10.2 Å². The third-order valence-electron chi connectivity index (χ3n) is 5.08. The fourth-order valence-corrected chi connectivity index (χ4v) is 3.39. The van der Waals surface area contributed by atoms with Gasteiger partial charge in [0.1, 0.15) is 12.6 Å². The number of ether oxygens (including phenoxy) is 5. The van der Waals surface area contributed by atoms with E-state index >= 15 is 0 Å². The van der Waals surface area contributed by atoms with E-state index in [9.17, 15) is 9.59 Å². The predicted octanol–water partition coefficient (Wildman–Crippen LogP) is -0.272. The number of benzene rings is 1. The van der Waals surface area contributed by atoms with E-state index < -0.39 is 6.04 Å². The van der Waals surface area contributed by atoms with Crippen LogP contribution in [0.5, 0.6) is 0 Å². The molecule has 0 bridgehead atoms. The minimum Gasteiger partial charge on any atom is -0.382 e. The van der Waals surface area contributed by atoms with E-state index in [1.807, 2.05) is 24.3 Å². The average Bonchev–Trinajstić information content (AvgIpc) is 2.84. The molecule has 10 heteroatoms. The molecule has 1 aliphatic rings. The Hall–Kier alpha value is -2.08. The second-order valence-corrected chi connectivity index (χ2v) is 7.47. The SMILES string of the molecule is COCCOCCOCC(=O)N1Cc2ccccc2CC1C(=O)NCCOCCOCCN. The fourth-order valence-electron chi connectivity index (χ4n) is 3.39. The van der Waals surface area contributed by atoms with Crippen molar-refractivity contribution in [3.8, 4) is 0 Å². The number of carbonyl (C=O) groups is 2. The number of rotatable bonds is 17. The summed E-state index contributed by atoms with van der Waals surface area (Å²) in [6, 6.07) is 7.26. The van der Waals surface area contributed by atoms with Gasteiger partial charge in [-0.25, -0.2) is 0 Å². The van der Waals surface area contributed by atoms with Gasteiger partial charge in [-0.1, -0.05) is 24.3 Å². The molecule has 1 aromatic rings. The summed E-state index contributed by atoms with van der Waals surface area (Å²) in [6.45, 7) is 4.51. The molecule has 33 heavy (non-hydrogen) atoms. The molecule has 186 valence electrons. The molecule has 1 unspecified atom stereocenters. The summed E-state index contributed by atoms with van der Waals surface area (Å²) < 4.78 is 26.4. The van der Waals surface area contributed by atoms with Crippen molar-refractivity contribution in [1.29, 1.82) is 0 Å². The lowest BCUT2D eigenvalue weighted by Crippen LogP contribution is -2.53. The van der Waals surface area contributed by atoms with Gasteiger partial charge in [-0.3, -0.25) is 9.59 Å². The van der Waals surface area contributed by atoms with Crippen molar-refractivity contribution in [2.24, 2.45) is 5.73 Å². The van der Waals surface area contributed by atoms with Crippen LogP contribution in [0.3, 0.4) is 0 Å². The molecule has 1 aliphatic heterocycles. The Labute approximate surface area is 195 Å². The number of nitrogens with zero attached hydrogens (tertiary/aromatic N) is 1. The van der Waals surface area contributed by atoms with Crippen LogP contribution in [-0.4, -0.2) is 102 Å². The Morgan fingerprint density at radius 3 is 2.30 bits per heavy atom. The molecule has 0 aliphatic carbocycles. The first-order chi connectivity index (χ1) is 16.2. The summed E-state index contributed by atoms with van der Waals surface area (Å²) in [5.41, 5.74) is 7.47. The van der Waals surface area contributed by atoms with Gasteiger partial charge in [-0.05, 0) is 11.1 Å². The maximum Gasteiger partial charge on any atom is 0.249 e. The largest absolute Gasteiger partial charge is 0.382 e. The normalized spacial score (nSPS) is 15.3. The summed E-state index contributed by atoms with van der Waals surface area (Å²) in [5.74, 6) is -0.432. The quantitative estimate of drug-likeness (QED) is 0.300. The molecule has 0 saturated carbocycles. The van der Waals surface area contributed by atoms with E-state index in [-0.39, 0.29) is 18.4 Å². The van der Waals surface area contributed by atoms with Crippen molar-refractivity contribution in [2.75, 3.05) is 79.7 Å². The first kappa shape index (κ1) is 27.2. The second kappa shape index (κ2) is 16.5. The Balaban J connectivity index is 1.81. The topological polar surface area (TPSA) is 122 Å². The van der Waals surface area contributed by atoms with E-state index in [0.717, 1.165) is 11.1 Å². The smallest absolute Gasteiger partial charge is 0.249 e. The number of carbonyl (C=O) groups excluding carboxylic acids is 2. The molecule has 10 nitrogen and oxygen atoms in total. The van der Waals surface area contributed by atoms with Gasteiger partial charge in [0, 0.05) is 33.2 Å². The highest BCUT2D eigenvalue weighted by atomic mass is 16.5. The molecule has 0 aromatic heterocycles. The molecule has 0 spiro atoms. The van der Waals surface area contributed by atoms with Gasteiger partial charge in [-0.2, -0.15) is 0 Å². The Morgan fingerprint density at radius 2 is 1.58 bits per heavy atom. The molecule has 0 fully saturated rings. The fraction of sp³-hybridized carbons (Fsp3) is 0.652. The monoisotopic (exact) mass is 467 g/mol. The summed E-state index contributed by atoms with van der Waals surface area (Å²) in [7, 11) is 1.61. The first-order valence-electron chi connectivity index (χ1n) is 11.3. The lowest BCUT2D eigenvalue weighted by Gasteiger charge is -2.36. The van der Waals surface area contributed by atoms with E-state index in [4.69, 9.17) is 29.4 Å². The number of hydrogen-bond donors (Lipinski definition) is 2. The van der Waals surface area contributed by atoms with Gasteiger partial charge in [0.2, 0.25) is 11.8 Å². The highest BCUT2D eigenvalue weighted by molar-refractivity contribution is 5.89. The first-order valence-corrected chi connectivity index (χ1v) is 11.3. The van der Waals surface area contributed by atoms with Crippen molar-refractivity contribution >= 4 is 11.8 Å². The van der Waals surface area contributed by atoms with E-state index in [2.05, 4.69) is 5.32 Å². The van der Waals surface area contributed by atoms with Crippen molar-refractivity contribution < 1.29 is 33.3 Å². The number of nitrogens with two attached hydrogens (primary N) is 1. The van der Waals surface area contributed by atoms with Crippen LogP contribution in [0.25, 0.3) is 0 Å². The Morgan fingerprint density at radius 1 is 0.939 bits per heavy atom. The third-order valence-corrected chi connectivity index (χ3v) is 5.08. The molecule has 2 amide bonds. The van der Waals surface area contributed by atoms with Crippen molar-refractivity contribution in [2.45, 2.75) is 19.0 Å². The number of nitrogens with one attached hydrogen (secondary N) is 1. The van der Waals surface area contributed by atoms with E-state index in [0.29, 0.717) is 78.9 Å². The molecule has 0 saturated heterocycles. The predicted molar refractivity (Wildman–Crippen MR) is 122 cm³/mol. The number of amides is 2. The standard InChI is InChI=1S/C23H37N3O7/c1-29-10-11-32-14-15-33-18-22(27)26-17-20-5-3-2-4-19(20)16-21(26)23(28)25-7-9-31-13-12-30-8-6-24/h2-5,21H,6-18,24H2,1H3,(H,25,28). The van der Waals surface area contributed by atoms with Gasteiger partial charge < -0.3 is 39.6 Å². The van der Waals surface area contributed by atoms with Gasteiger partial charge in [0.05, 0.1) is 52.9 Å². The maximum absolute atomic E-state index is 12.9. The highest BCUT2D eigenvalue weighted by Gasteiger charge is 2.34. The van der Waals surface area contributed by atoms with Crippen LogP contribution in [0.15, 0.2) is 24.3 Å². The number of fused-ring (bicyclic) bond motifs is 1. The zero-order valence-electron chi connectivity index (χ0n) is 19.5. The van der Waals surface area contributed by atoms with Gasteiger partial charge in [-0.15, -0.1) is 0 Å². The van der Waals surface area contributed by atoms with Gasteiger partial charge >= 0.3 is 0 Å². The molecular weight excluding hydrogens is 430 g/mol. The van der Waals surface area contributed by atoms with Crippen LogP contribution in [0.4, 0.5) is 0 Å². The molecular formula is C23H37N3O7. The molecule has 1 aromatic carbocycles. The molecule has 3 N–H and O–H groups in total. The zero-order valence-corrected chi connectivity index (χ0v) is 19.5. The van der Waals surface area contributed by atoms with Crippen LogP contribution in [-0.2, 0) is 46.2 Å². The van der Waals surface area contributed by atoms with Crippen LogP contribution in [0, 0.1) is 0 Å². The van der Waals surface area contributed by atoms with Gasteiger partial charge in [0.25, 0.3) is 0 Å². The molecule has 1 atom stereocenters. The average molecular weight is 468 g/mol. The Kier molecular flexibility index (Phi) is 13.6. The van der Waals surface area contributed by atoms with Crippen LogP contribution in [0.2, 0.25) is 0 Å². The summed E-state index contributed by atoms with van der Waals surface area (Å²) >= 11 is 0. The number of hydrogen-bond acceptors (Lipinski definition) is 8. The van der Waals surface area contributed by atoms with Gasteiger partial charge in [0.15, 0.2) is 0 Å². The van der Waals surface area contributed by atoms with Crippen molar-refractivity contribution in [3.63, 3.8) is 0 Å². The van der Waals surface area contributed by atoms with Crippen LogP contribution < -0.4 is 11.1 Å². The minimum atomic E-state index is -0.596. The number of methoxy groups -OCH3 is 1. The lowest BCUT2D eigenvalue weighted by atomic mass is 9.93. The molecule has 2 rings (SSSR count). The van der Waals surface area contributed by atoms with Crippen molar-refractivity contribution in [3.05, 3.63) is 35.4 Å². The highest BCUT2D eigenvalue weighted by Crippen LogP contribution is 2.23. The summed E-state index contributed by atoms with van der Waals surface area (Å²) in [5, 5.41) is 2.87. The van der Waals surface area contributed by atoms with E-state index in [1.54, 1.807) is 12.0 Å². The Bertz CT molecular complexity index is 704. The summed E-state index contributed by atoms with van der Waals surface area (Å²) in [6.07, 6.45) is 0.460. The van der Waals surface area contributed by atoms with Crippen LogP contribution in [0.1, 0.15) is 11.1 Å². The summed E-state index contributed by atoms with van der Waals surface area (Å²) in [4.78, 5) is 27.4. The third kappa shape index (κ3) is 10.2. The second-order valence-electron chi connectivity index (χ2n) is 7.47. The van der Waals surface area contributed by atoms with Crippen LogP contribution >= 0.6 is 0 Å². The maximum atomic E-state index is 12.9. The van der Waals surface area contributed by atoms with E-state index in [1.165, 1.54) is 0 Å².